The average Bonchev–Trinajstić information content (AvgIpc) is 2.51. The summed E-state index contributed by atoms with van der Waals surface area (Å²) in [4.78, 5) is 22.6. The van der Waals surface area contributed by atoms with E-state index in [1.165, 1.54) is 5.56 Å². The largest absolute Gasteiger partial charge is 0.484 e. The molecule has 0 aliphatic carbocycles. The van der Waals surface area contributed by atoms with Crippen molar-refractivity contribution in [1.82, 2.24) is 10.6 Å². The zero-order valence-electron chi connectivity index (χ0n) is 12.7. The van der Waals surface area contributed by atoms with E-state index in [1.54, 1.807) is 6.07 Å². The lowest BCUT2D eigenvalue weighted by molar-refractivity contribution is -0.123. The molecule has 0 bridgehead atoms. The van der Waals surface area contributed by atoms with Gasteiger partial charge in [-0.05, 0) is 24.1 Å². The highest BCUT2D eigenvalue weighted by atomic mass is 16.5. The lowest BCUT2D eigenvalue weighted by Crippen LogP contribution is -2.36. The van der Waals surface area contributed by atoms with E-state index < -0.39 is 0 Å². The summed E-state index contributed by atoms with van der Waals surface area (Å²) in [7, 11) is 0. The molecule has 0 fully saturated rings. The Balaban J connectivity index is 2.17. The van der Waals surface area contributed by atoms with E-state index in [0.29, 0.717) is 12.3 Å². The number of nitriles is 1. The Labute approximate surface area is 130 Å². The normalized spacial score (nSPS) is 9.64. The van der Waals surface area contributed by atoms with Crippen molar-refractivity contribution in [2.45, 2.75) is 26.2 Å². The van der Waals surface area contributed by atoms with Crippen LogP contribution in [0.4, 0.5) is 0 Å². The predicted octanol–water partition coefficient (Wildman–Crippen LogP) is 1.16. The molecule has 1 aromatic rings. The molecule has 0 saturated heterocycles. The maximum absolute atomic E-state index is 11.6. The fourth-order valence-electron chi connectivity index (χ4n) is 1.78. The first-order chi connectivity index (χ1) is 10.7. The summed E-state index contributed by atoms with van der Waals surface area (Å²) in [5.74, 6) is 0.0460. The van der Waals surface area contributed by atoms with Gasteiger partial charge in [0.2, 0.25) is 5.91 Å². The Kier molecular flexibility index (Phi) is 8.13. The van der Waals surface area contributed by atoms with Crippen molar-refractivity contribution >= 4 is 11.8 Å². The van der Waals surface area contributed by atoms with Gasteiger partial charge in [0.25, 0.3) is 5.91 Å². The van der Waals surface area contributed by atoms with Crippen LogP contribution in [0.1, 0.15) is 25.3 Å². The fourth-order valence-corrected chi connectivity index (χ4v) is 1.78. The Morgan fingerprint density at radius 2 is 1.77 bits per heavy atom. The number of amides is 2. The molecule has 6 heteroatoms. The van der Waals surface area contributed by atoms with Crippen LogP contribution in [0.25, 0.3) is 0 Å². The van der Waals surface area contributed by atoms with Gasteiger partial charge in [0.1, 0.15) is 12.2 Å². The SMILES string of the molecule is CCCc1ccc(OCC(=O)NCCNC(=O)CC#N)cc1. The van der Waals surface area contributed by atoms with E-state index in [4.69, 9.17) is 10.00 Å². The van der Waals surface area contributed by atoms with E-state index in [1.807, 2.05) is 24.3 Å². The molecule has 0 unspecified atom stereocenters. The van der Waals surface area contributed by atoms with Gasteiger partial charge in [-0.3, -0.25) is 9.59 Å². The third-order valence-electron chi connectivity index (χ3n) is 2.84. The minimum Gasteiger partial charge on any atom is -0.484 e. The Bertz CT molecular complexity index is 520. The minimum absolute atomic E-state index is 0.0702. The standard InChI is InChI=1S/C16H21N3O3/c1-2-3-13-4-6-14(7-5-13)22-12-16(21)19-11-10-18-15(20)8-9-17/h4-7H,2-3,8,10-12H2,1H3,(H,18,20)(H,19,21). The molecule has 2 N–H and O–H groups in total. The van der Waals surface area contributed by atoms with Crippen molar-refractivity contribution in [1.29, 1.82) is 5.26 Å². The number of nitrogens with one attached hydrogen (secondary N) is 2. The van der Waals surface area contributed by atoms with Crippen LogP contribution in [0.15, 0.2) is 24.3 Å². The van der Waals surface area contributed by atoms with E-state index in [2.05, 4.69) is 17.6 Å². The van der Waals surface area contributed by atoms with Crippen molar-refractivity contribution in [3.8, 4) is 11.8 Å². The van der Waals surface area contributed by atoms with Crippen molar-refractivity contribution in [3.05, 3.63) is 29.8 Å². The highest BCUT2D eigenvalue weighted by Gasteiger charge is 2.03. The lowest BCUT2D eigenvalue weighted by Gasteiger charge is -2.08. The van der Waals surface area contributed by atoms with Crippen LogP contribution >= 0.6 is 0 Å². The second-order valence-electron chi connectivity index (χ2n) is 4.72. The lowest BCUT2D eigenvalue weighted by atomic mass is 10.1. The number of hydrogen-bond acceptors (Lipinski definition) is 4. The summed E-state index contributed by atoms with van der Waals surface area (Å²) in [6.07, 6.45) is 1.94. The molecule has 22 heavy (non-hydrogen) atoms. The zero-order chi connectivity index (χ0) is 16.2. The number of carbonyl (C=O) groups excluding carboxylic acids is 2. The van der Waals surface area contributed by atoms with E-state index in [9.17, 15) is 9.59 Å². The average molecular weight is 303 g/mol. The molecule has 2 amide bonds. The van der Waals surface area contributed by atoms with Crippen molar-refractivity contribution < 1.29 is 14.3 Å². The summed E-state index contributed by atoms with van der Waals surface area (Å²) in [5.41, 5.74) is 1.24. The van der Waals surface area contributed by atoms with Crippen LogP contribution < -0.4 is 15.4 Å². The predicted molar refractivity (Wildman–Crippen MR) is 82.2 cm³/mol. The molecule has 0 aromatic heterocycles. The Morgan fingerprint density at radius 3 is 2.36 bits per heavy atom. The Hall–Kier alpha value is -2.55. The maximum Gasteiger partial charge on any atom is 0.258 e. The molecule has 0 saturated carbocycles. The van der Waals surface area contributed by atoms with Gasteiger partial charge in [0.15, 0.2) is 6.61 Å². The molecule has 6 nitrogen and oxygen atoms in total. The third-order valence-corrected chi connectivity index (χ3v) is 2.84. The van der Waals surface area contributed by atoms with Gasteiger partial charge in [-0.2, -0.15) is 5.26 Å². The molecule has 0 radical (unpaired) electrons. The van der Waals surface area contributed by atoms with Crippen molar-refractivity contribution in [3.63, 3.8) is 0 Å². The molecule has 0 spiro atoms. The van der Waals surface area contributed by atoms with Gasteiger partial charge >= 0.3 is 0 Å². The van der Waals surface area contributed by atoms with Gasteiger partial charge < -0.3 is 15.4 Å². The number of nitrogens with zero attached hydrogens (tertiary/aromatic N) is 1. The molecule has 0 aliphatic rings. The molecule has 1 rings (SSSR count). The molecule has 0 aliphatic heterocycles. The molecule has 1 aromatic carbocycles. The van der Waals surface area contributed by atoms with Gasteiger partial charge in [0, 0.05) is 13.1 Å². The van der Waals surface area contributed by atoms with Crippen LogP contribution in [0.3, 0.4) is 0 Å². The third kappa shape index (κ3) is 7.29. The number of ether oxygens (including phenoxy) is 1. The first-order valence-electron chi connectivity index (χ1n) is 7.27. The first kappa shape index (κ1) is 17.5. The number of aryl methyl sites for hydroxylation is 1. The summed E-state index contributed by atoms with van der Waals surface area (Å²) in [5, 5.41) is 13.4. The second kappa shape index (κ2) is 10.2. The molecule has 118 valence electrons. The van der Waals surface area contributed by atoms with Gasteiger partial charge in [-0.1, -0.05) is 25.5 Å². The second-order valence-corrected chi connectivity index (χ2v) is 4.72. The van der Waals surface area contributed by atoms with Crippen molar-refractivity contribution in [2.75, 3.05) is 19.7 Å². The monoisotopic (exact) mass is 303 g/mol. The topological polar surface area (TPSA) is 91.2 Å². The van der Waals surface area contributed by atoms with E-state index >= 15 is 0 Å². The first-order valence-corrected chi connectivity index (χ1v) is 7.27. The number of benzene rings is 1. The van der Waals surface area contributed by atoms with E-state index in [0.717, 1.165) is 12.8 Å². The highest BCUT2D eigenvalue weighted by molar-refractivity contribution is 5.78. The smallest absolute Gasteiger partial charge is 0.258 e. The molecule has 0 atom stereocenters. The van der Waals surface area contributed by atoms with Crippen LogP contribution in [0.2, 0.25) is 0 Å². The van der Waals surface area contributed by atoms with Crippen molar-refractivity contribution in [2.24, 2.45) is 0 Å². The summed E-state index contributed by atoms with van der Waals surface area (Å²) < 4.78 is 5.38. The summed E-state index contributed by atoms with van der Waals surface area (Å²) in [6.45, 7) is 2.64. The van der Waals surface area contributed by atoms with E-state index in [-0.39, 0.29) is 31.4 Å². The summed E-state index contributed by atoms with van der Waals surface area (Å²) in [6, 6.07) is 9.42. The maximum atomic E-state index is 11.6. The summed E-state index contributed by atoms with van der Waals surface area (Å²) >= 11 is 0. The molecular weight excluding hydrogens is 282 g/mol. The highest BCUT2D eigenvalue weighted by Crippen LogP contribution is 2.13. The van der Waals surface area contributed by atoms with Gasteiger partial charge in [-0.25, -0.2) is 0 Å². The van der Waals surface area contributed by atoms with Crippen LogP contribution in [-0.2, 0) is 16.0 Å². The molecule has 0 heterocycles. The number of carbonyl (C=O) groups is 2. The Morgan fingerprint density at radius 1 is 1.14 bits per heavy atom. The zero-order valence-corrected chi connectivity index (χ0v) is 12.7. The number of rotatable bonds is 9. The molecular formula is C16H21N3O3. The van der Waals surface area contributed by atoms with Crippen LogP contribution in [0, 0.1) is 11.3 Å². The van der Waals surface area contributed by atoms with Gasteiger partial charge in [0.05, 0.1) is 6.07 Å². The minimum atomic E-state index is -0.347. The number of hydrogen-bond donors (Lipinski definition) is 2. The quantitative estimate of drug-likeness (QED) is 0.670. The van der Waals surface area contributed by atoms with Crippen LogP contribution in [-0.4, -0.2) is 31.5 Å². The van der Waals surface area contributed by atoms with Gasteiger partial charge in [-0.15, -0.1) is 0 Å². The fraction of sp³-hybridized carbons (Fsp3) is 0.438. The van der Waals surface area contributed by atoms with Crippen LogP contribution in [0.5, 0.6) is 5.75 Å².